The summed E-state index contributed by atoms with van der Waals surface area (Å²) in [5.74, 6) is 0. The number of rotatable bonds is 4. The van der Waals surface area contributed by atoms with Crippen LogP contribution in [0.4, 0.5) is 0 Å². The fourth-order valence-corrected chi connectivity index (χ4v) is 4.53. The molecule has 1 saturated carbocycles. The van der Waals surface area contributed by atoms with E-state index in [0.29, 0.717) is 0 Å². The van der Waals surface area contributed by atoms with Crippen molar-refractivity contribution in [3.8, 4) is 0 Å². The Bertz CT molecular complexity index is 566. The lowest BCUT2D eigenvalue weighted by Gasteiger charge is -2.25. The minimum atomic E-state index is -3.60. The molecule has 0 aromatic heterocycles. The normalized spacial score (nSPS) is 18.7. The van der Waals surface area contributed by atoms with Crippen LogP contribution in [0, 0.1) is 0 Å². The number of sulfonamides is 1. The summed E-state index contributed by atoms with van der Waals surface area (Å²) in [4.78, 5) is 0.116. The Balaban J connectivity index is 2.33. The molecule has 0 bridgehead atoms. The summed E-state index contributed by atoms with van der Waals surface area (Å²) in [6.45, 7) is 2.23. The Labute approximate surface area is 119 Å². The van der Waals surface area contributed by atoms with Crippen molar-refractivity contribution in [1.82, 2.24) is 4.72 Å². The molecular weight excluding hydrogens is 284 g/mol. The number of hydrogen-bond acceptors (Lipinski definition) is 3. The summed E-state index contributed by atoms with van der Waals surface area (Å²) >= 11 is 6.01. The largest absolute Gasteiger partial charge is 0.326 e. The highest BCUT2D eigenvalue weighted by atomic mass is 35.5. The average Bonchev–Trinajstić information content (AvgIpc) is 2.75. The van der Waals surface area contributed by atoms with Crippen molar-refractivity contribution in [2.75, 3.05) is 0 Å². The third kappa shape index (κ3) is 3.28. The first-order valence-electron chi connectivity index (χ1n) is 6.39. The smallest absolute Gasteiger partial charge is 0.242 e. The highest BCUT2D eigenvalue weighted by Crippen LogP contribution is 2.32. The molecule has 0 amide bonds. The molecule has 3 N–H and O–H groups in total. The average molecular weight is 303 g/mol. The maximum atomic E-state index is 12.4. The van der Waals surface area contributed by atoms with E-state index in [0.717, 1.165) is 31.2 Å². The maximum absolute atomic E-state index is 12.4. The zero-order chi connectivity index (χ0) is 14.1. The van der Waals surface area contributed by atoms with E-state index in [9.17, 15) is 8.42 Å². The van der Waals surface area contributed by atoms with Crippen LogP contribution in [0.2, 0.25) is 5.02 Å². The molecule has 106 valence electrons. The Morgan fingerprint density at radius 2 is 2.00 bits per heavy atom. The lowest BCUT2D eigenvalue weighted by Crippen LogP contribution is -2.43. The number of nitrogens with two attached hydrogens (primary N) is 1. The Morgan fingerprint density at radius 1 is 1.37 bits per heavy atom. The van der Waals surface area contributed by atoms with Crippen molar-refractivity contribution in [2.24, 2.45) is 5.73 Å². The van der Waals surface area contributed by atoms with Crippen LogP contribution in [-0.2, 0) is 16.6 Å². The van der Waals surface area contributed by atoms with Gasteiger partial charge >= 0.3 is 0 Å². The molecule has 1 fully saturated rings. The van der Waals surface area contributed by atoms with Crippen LogP contribution in [0.5, 0.6) is 0 Å². The second-order valence-corrected chi connectivity index (χ2v) is 7.40. The molecule has 0 spiro atoms. The molecule has 0 heterocycles. The lowest BCUT2D eigenvalue weighted by atomic mass is 10.0. The Kier molecular flexibility index (Phi) is 4.20. The van der Waals surface area contributed by atoms with E-state index < -0.39 is 10.0 Å². The van der Waals surface area contributed by atoms with Crippen molar-refractivity contribution >= 4 is 21.6 Å². The van der Waals surface area contributed by atoms with E-state index in [1.807, 2.05) is 6.92 Å². The van der Waals surface area contributed by atoms with Crippen LogP contribution < -0.4 is 10.5 Å². The monoisotopic (exact) mass is 302 g/mol. The number of hydrogen-bond donors (Lipinski definition) is 2. The van der Waals surface area contributed by atoms with Crippen LogP contribution >= 0.6 is 11.6 Å². The summed E-state index contributed by atoms with van der Waals surface area (Å²) in [7, 11) is -3.60. The van der Waals surface area contributed by atoms with Crippen molar-refractivity contribution < 1.29 is 8.42 Å². The number of halogens is 1. The van der Waals surface area contributed by atoms with Gasteiger partial charge in [-0.2, -0.15) is 0 Å². The third-order valence-electron chi connectivity index (χ3n) is 3.61. The van der Waals surface area contributed by atoms with Gasteiger partial charge in [0.25, 0.3) is 0 Å². The van der Waals surface area contributed by atoms with E-state index in [2.05, 4.69) is 4.72 Å². The molecule has 1 aromatic rings. The molecule has 0 saturated heterocycles. The number of benzene rings is 1. The first-order chi connectivity index (χ1) is 8.86. The molecule has 0 unspecified atom stereocenters. The SMILES string of the molecule is CC1(NS(=O)(=O)c2cc(CN)ccc2Cl)CCCC1. The molecule has 1 aliphatic rings. The summed E-state index contributed by atoms with van der Waals surface area (Å²) in [6.07, 6.45) is 3.83. The highest BCUT2D eigenvalue weighted by molar-refractivity contribution is 7.89. The molecule has 0 radical (unpaired) electrons. The zero-order valence-electron chi connectivity index (χ0n) is 10.9. The molecule has 1 aliphatic carbocycles. The topological polar surface area (TPSA) is 72.2 Å². The predicted octanol–water partition coefficient (Wildman–Crippen LogP) is 2.41. The molecule has 6 heteroatoms. The zero-order valence-corrected chi connectivity index (χ0v) is 12.5. The molecule has 19 heavy (non-hydrogen) atoms. The van der Waals surface area contributed by atoms with Crippen LogP contribution in [0.25, 0.3) is 0 Å². The van der Waals surface area contributed by atoms with Crippen molar-refractivity contribution in [3.05, 3.63) is 28.8 Å². The second-order valence-electron chi connectivity index (χ2n) is 5.34. The minimum absolute atomic E-state index is 0.116. The predicted molar refractivity (Wildman–Crippen MR) is 76.5 cm³/mol. The van der Waals surface area contributed by atoms with Gasteiger partial charge < -0.3 is 5.73 Å². The molecule has 2 rings (SSSR count). The van der Waals surface area contributed by atoms with Gasteiger partial charge in [0.05, 0.1) is 5.02 Å². The molecule has 0 aliphatic heterocycles. The van der Waals surface area contributed by atoms with E-state index >= 15 is 0 Å². The van der Waals surface area contributed by atoms with Gasteiger partial charge in [-0.3, -0.25) is 0 Å². The van der Waals surface area contributed by atoms with Crippen LogP contribution in [-0.4, -0.2) is 14.0 Å². The van der Waals surface area contributed by atoms with Gasteiger partial charge in [0.1, 0.15) is 4.90 Å². The van der Waals surface area contributed by atoms with Gasteiger partial charge in [-0.15, -0.1) is 0 Å². The van der Waals surface area contributed by atoms with E-state index in [1.54, 1.807) is 18.2 Å². The van der Waals surface area contributed by atoms with E-state index in [1.165, 1.54) is 0 Å². The standard InChI is InChI=1S/C13H19ClN2O2S/c1-13(6-2-3-7-13)16-19(17,18)12-8-10(9-15)4-5-11(12)14/h4-5,8,16H,2-3,6-7,9,15H2,1H3. The van der Waals surface area contributed by atoms with Gasteiger partial charge in [0, 0.05) is 12.1 Å². The molecular formula is C13H19ClN2O2S. The molecule has 1 aromatic carbocycles. The van der Waals surface area contributed by atoms with E-state index in [-0.39, 0.29) is 22.0 Å². The third-order valence-corrected chi connectivity index (χ3v) is 5.73. The van der Waals surface area contributed by atoms with Crippen molar-refractivity contribution in [1.29, 1.82) is 0 Å². The first-order valence-corrected chi connectivity index (χ1v) is 8.25. The van der Waals surface area contributed by atoms with Crippen LogP contribution in [0.3, 0.4) is 0 Å². The minimum Gasteiger partial charge on any atom is -0.326 e. The highest BCUT2D eigenvalue weighted by Gasteiger charge is 2.34. The fraction of sp³-hybridized carbons (Fsp3) is 0.538. The summed E-state index contributed by atoms with van der Waals surface area (Å²) in [6, 6.07) is 4.86. The Hall–Kier alpha value is -0.620. The summed E-state index contributed by atoms with van der Waals surface area (Å²) in [5, 5.41) is 0.228. The Morgan fingerprint density at radius 3 is 2.58 bits per heavy atom. The van der Waals surface area contributed by atoms with Gasteiger partial charge in [0.2, 0.25) is 10.0 Å². The fourth-order valence-electron chi connectivity index (χ4n) is 2.52. The maximum Gasteiger partial charge on any atom is 0.242 e. The summed E-state index contributed by atoms with van der Waals surface area (Å²) < 4.78 is 27.7. The second kappa shape index (κ2) is 5.40. The molecule has 0 atom stereocenters. The van der Waals surface area contributed by atoms with Crippen molar-refractivity contribution in [3.63, 3.8) is 0 Å². The molecule has 4 nitrogen and oxygen atoms in total. The van der Waals surface area contributed by atoms with Crippen LogP contribution in [0.15, 0.2) is 23.1 Å². The van der Waals surface area contributed by atoms with Crippen LogP contribution in [0.1, 0.15) is 38.2 Å². The van der Waals surface area contributed by atoms with Gasteiger partial charge in [0.15, 0.2) is 0 Å². The van der Waals surface area contributed by atoms with Gasteiger partial charge in [-0.1, -0.05) is 30.5 Å². The summed E-state index contributed by atoms with van der Waals surface area (Å²) in [5.41, 5.74) is 5.93. The number of nitrogens with one attached hydrogen (secondary N) is 1. The van der Waals surface area contributed by atoms with E-state index in [4.69, 9.17) is 17.3 Å². The first kappa shape index (κ1) is 14.8. The van der Waals surface area contributed by atoms with Gasteiger partial charge in [-0.25, -0.2) is 13.1 Å². The van der Waals surface area contributed by atoms with Gasteiger partial charge in [-0.05, 0) is 37.5 Å². The quantitative estimate of drug-likeness (QED) is 0.897. The van der Waals surface area contributed by atoms with Crippen molar-refractivity contribution in [2.45, 2.75) is 49.6 Å². The lowest BCUT2D eigenvalue weighted by molar-refractivity contribution is 0.427.